The number of thioether (sulfide) groups is 1. The molecule has 0 aliphatic heterocycles. The van der Waals surface area contributed by atoms with Crippen LogP contribution in [-0.2, 0) is 10.0 Å². The quantitative estimate of drug-likeness (QED) is 0.789. The highest BCUT2D eigenvalue weighted by Crippen LogP contribution is 2.25. The third-order valence-corrected chi connectivity index (χ3v) is 5.53. The average Bonchev–Trinajstić information content (AvgIpc) is 2.37. The van der Waals surface area contributed by atoms with Crippen LogP contribution in [0, 0.1) is 6.92 Å². The Morgan fingerprint density at radius 3 is 2.62 bits per heavy atom. The molecule has 1 rings (SSSR count). The fraction of sp³-hybridized carbons (Fsp3) is 0.462. The van der Waals surface area contributed by atoms with Crippen LogP contribution in [0.3, 0.4) is 0 Å². The van der Waals surface area contributed by atoms with E-state index in [9.17, 15) is 13.2 Å². The van der Waals surface area contributed by atoms with Crippen molar-refractivity contribution in [2.75, 3.05) is 12.0 Å². The fourth-order valence-electron chi connectivity index (χ4n) is 1.84. The summed E-state index contributed by atoms with van der Waals surface area (Å²) in [4.78, 5) is 11.0. The number of carboxylic acids is 1. The third-order valence-electron chi connectivity index (χ3n) is 2.96. The second-order valence-electron chi connectivity index (χ2n) is 4.69. The van der Waals surface area contributed by atoms with Gasteiger partial charge in [0.15, 0.2) is 0 Å². The number of carbonyl (C=O) groups is 1. The molecule has 0 bridgehead atoms. The molecule has 1 unspecified atom stereocenters. The largest absolute Gasteiger partial charge is 0.478 e. The lowest BCUT2D eigenvalue weighted by Gasteiger charge is -2.16. The Morgan fingerprint density at radius 2 is 2.10 bits per heavy atom. The Bertz CT molecular complexity index is 631. The average molecular weight is 352 g/mol. The Balaban J connectivity index is 3.17. The molecule has 0 fully saturated rings. The second-order valence-corrected chi connectivity index (χ2v) is 7.79. The van der Waals surface area contributed by atoms with E-state index in [0.29, 0.717) is 6.42 Å². The van der Waals surface area contributed by atoms with Crippen LogP contribution in [-0.4, -0.2) is 37.5 Å². The monoisotopic (exact) mass is 351 g/mol. The smallest absolute Gasteiger partial charge is 0.336 e. The van der Waals surface area contributed by atoms with Crippen molar-refractivity contribution in [3.8, 4) is 0 Å². The molecule has 1 atom stereocenters. The Morgan fingerprint density at radius 1 is 1.48 bits per heavy atom. The molecule has 21 heavy (non-hydrogen) atoms. The number of sulfonamides is 1. The number of halogens is 1. The van der Waals surface area contributed by atoms with Gasteiger partial charge in [-0.2, -0.15) is 11.8 Å². The molecular formula is C13H18ClNO4S2. The van der Waals surface area contributed by atoms with Crippen LogP contribution in [0.5, 0.6) is 0 Å². The van der Waals surface area contributed by atoms with Gasteiger partial charge in [-0.15, -0.1) is 0 Å². The normalized spacial score (nSPS) is 13.1. The first kappa shape index (κ1) is 18.3. The number of benzene rings is 1. The number of nitrogens with one attached hydrogen (secondary N) is 1. The molecule has 0 spiro atoms. The molecule has 0 aliphatic carbocycles. The van der Waals surface area contributed by atoms with Crippen molar-refractivity contribution in [3.05, 3.63) is 28.3 Å². The summed E-state index contributed by atoms with van der Waals surface area (Å²) in [6.45, 7) is 3.23. The van der Waals surface area contributed by atoms with Gasteiger partial charge < -0.3 is 5.11 Å². The van der Waals surface area contributed by atoms with Gasteiger partial charge in [-0.25, -0.2) is 17.9 Å². The molecule has 0 saturated heterocycles. The highest BCUT2D eigenvalue weighted by atomic mass is 35.5. The minimum Gasteiger partial charge on any atom is -0.478 e. The fourth-order valence-corrected chi connectivity index (χ4v) is 4.28. The van der Waals surface area contributed by atoms with E-state index < -0.39 is 16.0 Å². The minimum absolute atomic E-state index is 0.0788. The second kappa shape index (κ2) is 7.49. The first-order valence-electron chi connectivity index (χ1n) is 6.23. The summed E-state index contributed by atoms with van der Waals surface area (Å²) in [7, 11) is -3.81. The molecule has 0 aromatic heterocycles. The number of hydrogen-bond donors (Lipinski definition) is 2. The Labute approximate surface area is 134 Å². The number of rotatable bonds is 7. The van der Waals surface area contributed by atoms with Gasteiger partial charge in [0.2, 0.25) is 10.0 Å². The van der Waals surface area contributed by atoms with Gasteiger partial charge in [-0.05, 0) is 50.0 Å². The van der Waals surface area contributed by atoms with Gasteiger partial charge in [0.05, 0.1) is 10.5 Å². The molecule has 0 radical (unpaired) electrons. The summed E-state index contributed by atoms with van der Waals surface area (Å²) >= 11 is 7.46. The summed E-state index contributed by atoms with van der Waals surface area (Å²) in [5.41, 5.74) is 0.0658. The Hall–Kier alpha value is -0.760. The molecule has 5 nitrogen and oxygen atoms in total. The van der Waals surface area contributed by atoms with Crippen LogP contribution >= 0.6 is 23.4 Å². The van der Waals surface area contributed by atoms with Crippen molar-refractivity contribution in [2.45, 2.75) is 31.2 Å². The summed E-state index contributed by atoms with van der Waals surface area (Å²) in [6, 6.07) is 2.27. The molecule has 0 saturated carbocycles. The van der Waals surface area contributed by atoms with Crippen LogP contribution in [0.15, 0.2) is 17.0 Å². The summed E-state index contributed by atoms with van der Waals surface area (Å²) in [5.74, 6) is -0.375. The van der Waals surface area contributed by atoms with Gasteiger partial charge in [0, 0.05) is 11.1 Å². The first-order valence-corrected chi connectivity index (χ1v) is 9.49. The molecule has 2 N–H and O–H groups in total. The summed E-state index contributed by atoms with van der Waals surface area (Å²) in [6.07, 6.45) is 2.63. The first-order chi connectivity index (χ1) is 9.69. The molecular weight excluding hydrogens is 334 g/mol. The van der Waals surface area contributed by atoms with Gasteiger partial charge in [-0.1, -0.05) is 11.6 Å². The van der Waals surface area contributed by atoms with E-state index in [-0.39, 0.29) is 27.1 Å². The van der Waals surface area contributed by atoms with Gasteiger partial charge in [0.25, 0.3) is 0 Å². The molecule has 1 aromatic rings. The Kier molecular flexibility index (Phi) is 6.52. The third kappa shape index (κ3) is 4.88. The van der Waals surface area contributed by atoms with Crippen molar-refractivity contribution in [3.63, 3.8) is 0 Å². The van der Waals surface area contributed by atoms with Gasteiger partial charge in [-0.3, -0.25) is 0 Å². The lowest BCUT2D eigenvalue weighted by molar-refractivity contribution is 0.0696. The van der Waals surface area contributed by atoms with Crippen molar-refractivity contribution in [2.24, 2.45) is 0 Å². The van der Waals surface area contributed by atoms with Crippen molar-refractivity contribution >= 4 is 39.4 Å². The van der Waals surface area contributed by atoms with Crippen molar-refractivity contribution in [1.82, 2.24) is 4.72 Å². The highest BCUT2D eigenvalue weighted by molar-refractivity contribution is 7.98. The summed E-state index contributed by atoms with van der Waals surface area (Å²) < 4.78 is 27.3. The van der Waals surface area contributed by atoms with Crippen LogP contribution in [0.2, 0.25) is 5.02 Å². The topological polar surface area (TPSA) is 83.5 Å². The van der Waals surface area contributed by atoms with E-state index in [1.165, 1.54) is 19.1 Å². The minimum atomic E-state index is -3.81. The highest BCUT2D eigenvalue weighted by Gasteiger charge is 2.23. The van der Waals surface area contributed by atoms with Crippen molar-refractivity contribution < 1.29 is 18.3 Å². The molecule has 0 heterocycles. The van der Waals surface area contributed by atoms with E-state index in [0.717, 1.165) is 5.75 Å². The lowest BCUT2D eigenvalue weighted by atomic mass is 10.1. The van der Waals surface area contributed by atoms with Crippen LogP contribution in [0.25, 0.3) is 0 Å². The molecule has 118 valence electrons. The maximum Gasteiger partial charge on any atom is 0.336 e. The number of aromatic carboxylic acids is 1. The van der Waals surface area contributed by atoms with Crippen LogP contribution < -0.4 is 4.72 Å². The predicted octanol–water partition coefficient (Wildman–Crippen LogP) is 2.77. The van der Waals surface area contributed by atoms with Gasteiger partial charge in [0.1, 0.15) is 0 Å². The molecule has 0 amide bonds. The standard InChI is InChI=1S/C13H18ClNO4S2/c1-8(4-5-20-3)15-21(18,19)12-7-10(14)6-11(9(12)2)13(16)17/h6-8,15H,4-5H2,1-3H3,(H,16,17). The molecule has 0 aliphatic rings. The van der Waals surface area contributed by atoms with Crippen LogP contribution in [0.1, 0.15) is 29.3 Å². The van der Waals surface area contributed by atoms with Crippen LogP contribution in [0.4, 0.5) is 0 Å². The number of hydrogen-bond acceptors (Lipinski definition) is 4. The molecule has 8 heteroatoms. The summed E-state index contributed by atoms with van der Waals surface area (Å²) in [5, 5.41) is 9.18. The molecule has 1 aromatic carbocycles. The van der Waals surface area contributed by atoms with E-state index >= 15 is 0 Å². The van der Waals surface area contributed by atoms with E-state index in [1.807, 2.05) is 6.26 Å². The zero-order valence-electron chi connectivity index (χ0n) is 12.0. The van der Waals surface area contributed by atoms with E-state index in [2.05, 4.69) is 4.72 Å². The zero-order valence-corrected chi connectivity index (χ0v) is 14.4. The number of carboxylic acid groups (broad SMARTS) is 1. The zero-order chi connectivity index (χ0) is 16.2. The van der Waals surface area contributed by atoms with Gasteiger partial charge >= 0.3 is 5.97 Å². The van der Waals surface area contributed by atoms with E-state index in [4.69, 9.17) is 16.7 Å². The maximum absolute atomic E-state index is 12.4. The SMILES string of the molecule is CSCCC(C)NS(=O)(=O)c1cc(Cl)cc(C(=O)O)c1C. The lowest BCUT2D eigenvalue weighted by Crippen LogP contribution is -2.33. The maximum atomic E-state index is 12.4. The van der Waals surface area contributed by atoms with E-state index in [1.54, 1.807) is 18.7 Å². The van der Waals surface area contributed by atoms with Crippen molar-refractivity contribution in [1.29, 1.82) is 0 Å². The predicted molar refractivity (Wildman–Crippen MR) is 85.9 cm³/mol.